The summed E-state index contributed by atoms with van der Waals surface area (Å²) in [6, 6.07) is 19.8. The summed E-state index contributed by atoms with van der Waals surface area (Å²) in [4.78, 5) is 50.2. The number of aliphatic carboxylic acids is 1. The van der Waals surface area contributed by atoms with Crippen molar-refractivity contribution in [2.75, 3.05) is 0 Å². The maximum atomic E-state index is 13.0. The van der Waals surface area contributed by atoms with Crippen LogP contribution in [0.15, 0.2) is 78.9 Å². The van der Waals surface area contributed by atoms with E-state index >= 15 is 0 Å². The van der Waals surface area contributed by atoms with Gasteiger partial charge in [0.1, 0.15) is 0 Å². The van der Waals surface area contributed by atoms with E-state index < -0.39 is 36.0 Å². The van der Waals surface area contributed by atoms with Crippen molar-refractivity contribution < 1.29 is 33.8 Å². The summed E-state index contributed by atoms with van der Waals surface area (Å²) in [5.41, 5.74) is 0.727. The summed E-state index contributed by atoms with van der Waals surface area (Å²) in [6.07, 6.45) is -4.12. The molecule has 0 radical (unpaired) electrons. The van der Waals surface area contributed by atoms with Crippen LogP contribution in [0.1, 0.15) is 26.3 Å². The topological polar surface area (TPSA) is 119 Å². The smallest absolute Gasteiger partial charge is 0.349 e. The zero-order valence-corrected chi connectivity index (χ0v) is 19.5. The Bertz CT molecular complexity index is 1200. The molecule has 0 saturated heterocycles. The Balaban J connectivity index is 1.85. The minimum atomic E-state index is -2.13. The average Bonchev–Trinajstić information content (AvgIpc) is 2.85. The Morgan fingerprint density at radius 2 is 1.17 bits per heavy atom. The monoisotopic (exact) mass is 515 g/mol. The van der Waals surface area contributed by atoms with Crippen molar-refractivity contribution in [3.05, 3.63) is 106 Å². The summed E-state index contributed by atoms with van der Waals surface area (Å²) in [5.74, 6) is -4.70. The van der Waals surface area contributed by atoms with Crippen LogP contribution in [0.25, 0.3) is 0 Å². The molecule has 0 bridgehead atoms. The fraction of sp³-hybridized carbons (Fsp3) is 0.120. The number of amides is 1. The lowest BCUT2D eigenvalue weighted by molar-refractivity contribution is -0.159. The van der Waals surface area contributed by atoms with Gasteiger partial charge >= 0.3 is 17.9 Å². The van der Waals surface area contributed by atoms with Gasteiger partial charge in [-0.05, 0) is 54.1 Å². The van der Waals surface area contributed by atoms with E-state index in [1.54, 1.807) is 30.3 Å². The molecule has 1 amide bonds. The minimum Gasteiger partial charge on any atom is -0.478 e. The molecule has 0 aliphatic rings. The molecule has 10 heteroatoms. The van der Waals surface area contributed by atoms with E-state index in [-0.39, 0.29) is 17.7 Å². The molecule has 2 atom stereocenters. The Kier molecular flexibility index (Phi) is 8.83. The average molecular weight is 516 g/mol. The van der Waals surface area contributed by atoms with E-state index in [1.807, 2.05) is 0 Å². The first-order valence-electron chi connectivity index (χ1n) is 10.2. The molecule has 0 unspecified atom stereocenters. The van der Waals surface area contributed by atoms with Gasteiger partial charge in [-0.25, -0.2) is 14.4 Å². The van der Waals surface area contributed by atoms with Crippen LogP contribution in [0.2, 0.25) is 10.0 Å². The molecule has 35 heavy (non-hydrogen) atoms. The van der Waals surface area contributed by atoms with Crippen molar-refractivity contribution in [2.24, 2.45) is 0 Å². The van der Waals surface area contributed by atoms with Crippen molar-refractivity contribution >= 4 is 47.0 Å². The van der Waals surface area contributed by atoms with Gasteiger partial charge in [-0.2, -0.15) is 0 Å². The third-order valence-electron chi connectivity index (χ3n) is 4.71. The molecule has 3 aromatic rings. The van der Waals surface area contributed by atoms with E-state index in [0.717, 1.165) is 0 Å². The van der Waals surface area contributed by atoms with Crippen molar-refractivity contribution in [3.63, 3.8) is 0 Å². The predicted molar refractivity (Wildman–Crippen MR) is 127 cm³/mol. The van der Waals surface area contributed by atoms with E-state index in [1.165, 1.54) is 48.5 Å². The Hall–Kier alpha value is -3.88. The summed E-state index contributed by atoms with van der Waals surface area (Å²) in [7, 11) is 0. The van der Waals surface area contributed by atoms with Gasteiger partial charge < -0.3 is 19.9 Å². The standard InChI is InChI=1S/C25H19Cl2NO7/c26-18-10-6-16(7-11-18)24(32)34-20(22(29)28-14-15-4-2-1-3-5-15)21(23(30)31)35-25(33)17-8-12-19(27)13-9-17/h1-13,20-21H,14H2,(H,28,29)(H,30,31)/t20-,21-/m0/s1. The highest BCUT2D eigenvalue weighted by Gasteiger charge is 2.40. The van der Waals surface area contributed by atoms with Crippen molar-refractivity contribution in [1.82, 2.24) is 5.32 Å². The molecular formula is C25H19Cl2NO7. The molecule has 0 aliphatic carbocycles. The normalized spacial score (nSPS) is 12.2. The number of rotatable bonds is 9. The zero-order valence-electron chi connectivity index (χ0n) is 18.0. The van der Waals surface area contributed by atoms with Gasteiger partial charge in [-0.1, -0.05) is 53.5 Å². The van der Waals surface area contributed by atoms with E-state index in [4.69, 9.17) is 32.7 Å². The van der Waals surface area contributed by atoms with Crippen molar-refractivity contribution in [3.8, 4) is 0 Å². The first-order chi connectivity index (χ1) is 16.7. The molecule has 3 rings (SSSR count). The molecule has 180 valence electrons. The number of esters is 2. The highest BCUT2D eigenvalue weighted by molar-refractivity contribution is 6.31. The number of carboxylic acid groups (broad SMARTS) is 1. The fourth-order valence-corrected chi connectivity index (χ4v) is 3.17. The maximum absolute atomic E-state index is 13.0. The molecule has 0 fully saturated rings. The highest BCUT2D eigenvalue weighted by atomic mass is 35.5. The summed E-state index contributed by atoms with van der Waals surface area (Å²) < 4.78 is 10.3. The van der Waals surface area contributed by atoms with Gasteiger partial charge in [0.25, 0.3) is 5.91 Å². The second-order valence-electron chi connectivity index (χ2n) is 7.21. The van der Waals surface area contributed by atoms with Gasteiger partial charge in [0, 0.05) is 16.6 Å². The summed E-state index contributed by atoms with van der Waals surface area (Å²) in [5, 5.41) is 13.0. The lowest BCUT2D eigenvalue weighted by Gasteiger charge is -2.23. The van der Waals surface area contributed by atoms with Crippen LogP contribution in [-0.2, 0) is 25.6 Å². The quantitative estimate of drug-likeness (QED) is 0.411. The second-order valence-corrected chi connectivity index (χ2v) is 8.08. The van der Waals surface area contributed by atoms with Crippen LogP contribution in [0.4, 0.5) is 0 Å². The number of carbonyl (C=O) groups is 4. The highest BCUT2D eigenvalue weighted by Crippen LogP contribution is 2.17. The van der Waals surface area contributed by atoms with Gasteiger partial charge in [-0.15, -0.1) is 0 Å². The SMILES string of the molecule is O=C(O[C@H](C(=O)O)[C@H](OC(=O)c1ccc(Cl)cc1)C(=O)NCc1ccccc1)c1ccc(Cl)cc1. The molecular weight excluding hydrogens is 497 g/mol. The van der Waals surface area contributed by atoms with Crippen molar-refractivity contribution in [1.29, 1.82) is 0 Å². The number of hydrogen-bond donors (Lipinski definition) is 2. The first-order valence-corrected chi connectivity index (χ1v) is 11.0. The molecule has 0 spiro atoms. The number of nitrogens with one attached hydrogen (secondary N) is 1. The number of hydrogen-bond acceptors (Lipinski definition) is 6. The van der Waals surface area contributed by atoms with E-state index in [0.29, 0.717) is 15.6 Å². The Morgan fingerprint density at radius 1 is 0.714 bits per heavy atom. The number of carboxylic acids is 1. The predicted octanol–water partition coefficient (Wildman–Crippen LogP) is 4.15. The fourth-order valence-electron chi connectivity index (χ4n) is 2.92. The second kappa shape index (κ2) is 12.0. The molecule has 0 heterocycles. The lowest BCUT2D eigenvalue weighted by atomic mass is 10.1. The first kappa shape index (κ1) is 25.7. The van der Waals surface area contributed by atoms with Gasteiger partial charge in [-0.3, -0.25) is 4.79 Å². The Labute approximate surface area is 210 Å². The Morgan fingerprint density at radius 3 is 1.63 bits per heavy atom. The third-order valence-corrected chi connectivity index (χ3v) is 5.22. The lowest BCUT2D eigenvalue weighted by Crippen LogP contribution is -2.50. The number of carbonyl (C=O) groups excluding carboxylic acids is 3. The van der Waals surface area contributed by atoms with Crippen LogP contribution in [0.3, 0.4) is 0 Å². The number of halogens is 2. The van der Waals surface area contributed by atoms with Crippen LogP contribution < -0.4 is 5.32 Å². The maximum Gasteiger partial charge on any atom is 0.349 e. The van der Waals surface area contributed by atoms with Gasteiger partial charge in [0.2, 0.25) is 12.2 Å². The molecule has 0 aliphatic heterocycles. The molecule has 0 saturated carbocycles. The largest absolute Gasteiger partial charge is 0.478 e. The van der Waals surface area contributed by atoms with Gasteiger partial charge in [0.15, 0.2) is 0 Å². The minimum absolute atomic E-state index is 0.00637. The van der Waals surface area contributed by atoms with Crippen LogP contribution in [0.5, 0.6) is 0 Å². The van der Waals surface area contributed by atoms with Gasteiger partial charge in [0.05, 0.1) is 11.1 Å². The molecule has 3 aromatic carbocycles. The third kappa shape index (κ3) is 7.30. The van der Waals surface area contributed by atoms with Crippen LogP contribution in [-0.4, -0.2) is 41.1 Å². The number of ether oxygens (including phenoxy) is 2. The summed E-state index contributed by atoms with van der Waals surface area (Å²) in [6.45, 7) is 0.0200. The molecule has 8 nitrogen and oxygen atoms in total. The molecule has 2 N–H and O–H groups in total. The van der Waals surface area contributed by atoms with Crippen molar-refractivity contribution in [2.45, 2.75) is 18.8 Å². The van der Waals surface area contributed by atoms with E-state index in [2.05, 4.69) is 5.32 Å². The van der Waals surface area contributed by atoms with E-state index in [9.17, 15) is 24.3 Å². The van der Waals surface area contributed by atoms with Crippen LogP contribution in [0, 0.1) is 0 Å². The molecule has 0 aromatic heterocycles. The van der Waals surface area contributed by atoms with Crippen LogP contribution >= 0.6 is 23.2 Å². The zero-order chi connectivity index (χ0) is 25.4. The summed E-state index contributed by atoms with van der Waals surface area (Å²) >= 11 is 11.6. The number of benzene rings is 3.